The molecule has 0 fully saturated rings. The fourth-order valence-corrected chi connectivity index (χ4v) is 2.84. The molecule has 126 valence electrons. The molecule has 0 spiro atoms. The van der Waals surface area contributed by atoms with Crippen molar-refractivity contribution in [1.82, 2.24) is 0 Å². The number of hydrogen-bond acceptors (Lipinski definition) is 3. The van der Waals surface area contributed by atoms with Crippen molar-refractivity contribution in [3.8, 4) is 5.75 Å². The maximum Gasteiger partial charge on any atom is 0.246 e. The Kier molecular flexibility index (Phi) is 5.04. The molecule has 1 atom stereocenters. The van der Waals surface area contributed by atoms with Gasteiger partial charge in [-0.3, -0.25) is 4.79 Å². The Labute approximate surface area is 143 Å². The smallest absolute Gasteiger partial charge is 0.246 e. The summed E-state index contributed by atoms with van der Waals surface area (Å²) in [5.74, 6) is 0.953. The zero-order valence-corrected chi connectivity index (χ0v) is 14.3. The number of nitrogens with zero attached hydrogens (tertiary/aromatic N) is 1. The van der Waals surface area contributed by atoms with Gasteiger partial charge in [0.15, 0.2) is 0 Å². The van der Waals surface area contributed by atoms with Crippen molar-refractivity contribution < 1.29 is 9.53 Å². The number of para-hydroxylation sites is 1. The van der Waals surface area contributed by atoms with Crippen molar-refractivity contribution in [2.75, 3.05) is 23.3 Å². The molecule has 0 saturated carbocycles. The van der Waals surface area contributed by atoms with E-state index in [1.807, 2.05) is 47.4 Å². The lowest BCUT2D eigenvalue weighted by Gasteiger charge is -2.18. The first-order chi connectivity index (χ1) is 11.7. The maximum atomic E-state index is 12.5. The number of amides is 1. The zero-order chi connectivity index (χ0) is 16.9. The molecule has 24 heavy (non-hydrogen) atoms. The molecule has 1 heterocycles. The standard InChI is InChI=1S/C20H24N2O2/c1-3-15(2)24-18-10-8-17(9-11-18)21-14-20(23)22-13-12-16-6-4-5-7-19(16)22/h4-11,15,21H,3,12-14H2,1-2H3. The topological polar surface area (TPSA) is 41.6 Å². The van der Waals surface area contributed by atoms with Gasteiger partial charge in [-0.25, -0.2) is 0 Å². The van der Waals surface area contributed by atoms with Crippen molar-refractivity contribution in [2.24, 2.45) is 0 Å². The summed E-state index contributed by atoms with van der Waals surface area (Å²) >= 11 is 0. The maximum absolute atomic E-state index is 12.5. The predicted molar refractivity (Wildman–Crippen MR) is 97.8 cm³/mol. The zero-order valence-electron chi connectivity index (χ0n) is 14.3. The summed E-state index contributed by atoms with van der Waals surface area (Å²) in [5, 5.41) is 3.20. The van der Waals surface area contributed by atoms with Crippen LogP contribution in [0.5, 0.6) is 5.75 Å². The van der Waals surface area contributed by atoms with Crippen LogP contribution in [0, 0.1) is 0 Å². The number of anilines is 2. The van der Waals surface area contributed by atoms with Crippen LogP contribution in [0.2, 0.25) is 0 Å². The van der Waals surface area contributed by atoms with Crippen molar-refractivity contribution in [2.45, 2.75) is 32.8 Å². The second-order valence-electron chi connectivity index (χ2n) is 6.14. The lowest BCUT2D eigenvalue weighted by atomic mass is 10.2. The first-order valence-electron chi connectivity index (χ1n) is 8.56. The van der Waals surface area contributed by atoms with Gasteiger partial charge in [-0.2, -0.15) is 0 Å². The molecule has 2 aromatic carbocycles. The molecule has 1 unspecified atom stereocenters. The fraction of sp³-hybridized carbons (Fsp3) is 0.350. The van der Waals surface area contributed by atoms with Crippen molar-refractivity contribution in [3.63, 3.8) is 0 Å². The molecule has 4 heteroatoms. The molecule has 0 saturated heterocycles. The first kappa shape index (κ1) is 16.4. The van der Waals surface area contributed by atoms with Gasteiger partial charge in [-0.1, -0.05) is 25.1 Å². The summed E-state index contributed by atoms with van der Waals surface area (Å²) < 4.78 is 5.76. The highest BCUT2D eigenvalue weighted by molar-refractivity contribution is 5.98. The minimum absolute atomic E-state index is 0.0971. The van der Waals surface area contributed by atoms with Crippen molar-refractivity contribution >= 4 is 17.3 Å². The Hall–Kier alpha value is -2.49. The molecule has 2 aromatic rings. The Morgan fingerprint density at radius 3 is 2.71 bits per heavy atom. The number of rotatable bonds is 6. The van der Waals surface area contributed by atoms with Gasteiger partial charge in [0.05, 0.1) is 12.6 Å². The highest BCUT2D eigenvalue weighted by atomic mass is 16.5. The third-order valence-electron chi connectivity index (χ3n) is 4.40. The van der Waals surface area contributed by atoms with Crippen LogP contribution >= 0.6 is 0 Å². The molecular weight excluding hydrogens is 300 g/mol. The molecule has 0 aromatic heterocycles. The molecule has 1 aliphatic rings. The van der Waals surface area contributed by atoms with E-state index in [4.69, 9.17) is 4.74 Å². The van der Waals surface area contributed by atoms with Crippen LogP contribution in [0.1, 0.15) is 25.8 Å². The minimum Gasteiger partial charge on any atom is -0.491 e. The Balaban J connectivity index is 1.55. The second-order valence-corrected chi connectivity index (χ2v) is 6.14. The van der Waals surface area contributed by atoms with Crippen molar-refractivity contribution in [3.05, 3.63) is 54.1 Å². The van der Waals surface area contributed by atoms with E-state index in [2.05, 4.69) is 25.2 Å². The van der Waals surface area contributed by atoms with Crippen LogP contribution in [0.4, 0.5) is 11.4 Å². The number of fused-ring (bicyclic) bond motifs is 1. The largest absolute Gasteiger partial charge is 0.491 e. The van der Waals surface area contributed by atoms with E-state index in [1.165, 1.54) is 5.56 Å². The number of carbonyl (C=O) groups excluding carboxylic acids is 1. The molecule has 1 aliphatic heterocycles. The first-order valence-corrected chi connectivity index (χ1v) is 8.56. The molecule has 0 bridgehead atoms. The lowest BCUT2D eigenvalue weighted by molar-refractivity contribution is -0.116. The van der Waals surface area contributed by atoms with Crippen LogP contribution in [0.3, 0.4) is 0 Å². The average Bonchev–Trinajstić information content (AvgIpc) is 3.05. The van der Waals surface area contributed by atoms with Gasteiger partial charge < -0.3 is 15.0 Å². The molecule has 0 radical (unpaired) electrons. The number of benzene rings is 2. The normalized spacial score (nSPS) is 14.2. The average molecular weight is 324 g/mol. The second kappa shape index (κ2) is 7.39. The number of nitrogens with one attached hydrogen (secondary N) is 1. The molecule has 0 aliphatic carbocycles. The van der Waals surface area contributed by atoms with E-state index in [0.29, 0.717) is 6.54 Å². The van der Waals surface area contributed by atoms with E-state index in [1.54, 1.807) is 0 Å². The quantitative estimate of drug-likeness (QED) is 0.877. The molecule has 1 N–H and O–H groups in total. The van der Waals surface area contributed by atoms with Gasteiger partial charge in [0.1, 0.15) is 5.75 Å². The SMILES string of the molecule is CCC(C)Oc1ccc(NCC(=O)N2CCc3ccccc32)cc1. The molecule has 1 amide bonds. The Morgan fingerprint density at radius 1 is 1.21 bits per heavy atom. The third-order valence-corrected chi connectivity index (χ3v) is 4.40. The summed E-state index contributed by atoms with van der Waals surface area (Å²) in [6.45, 7) is 5.21. The summed E-state index contributed by atoms with van der Waals surface area (Å²) in [6.07, 6.45) is 2.12. The summed E-state index contributed by atoms with van der Waals surface area (Å²) in [5.41, 5.74) is 3.21. The van der Waals surface area contributed by atoms with Gasteiger partial charge in [-0.15, -0.1) is 0 Å². The van der Waals surface area contributed by atoms with E-state index in [9.17, 15) is 4.79 Å². The van der Waals surface area contributed by atoms with Gasteiger partial charge in [0.25, 0.3) is 0 Å². The molecule has 4 nitrogen and oxygen atoms in total. The van der Waals surface area contributed by atoms with E-state index in [-0.39, 0.29) is 12.0 Å². The highest BCUT2D eigenvalue weighted by Gasteiger charge is 2.23. The van der Waals surface area contributed by atoms with Gasteiger partial charge >= 0.3 is 0 Å². The van der Waals surface area contributed by atoms with E-state index in [0.717, 1.165) is 36.5 Å². The summed E-state index contributed by atoms with van der Waals surface area (Å²) in [4.78, 5) is 14.3. The van der Waals surface area contributed by atoms with Crippen molar-refractivity contribution in [1.29, 1.82) is 0 Å². The number of ether oxygens (including phenoxy) is 1. The fourth-order valence-electron chi connectivity index (χ4n) is 2.84. The Morgan fingerprint density at radius 2 is 1.96 bits per heavy atom. The van der Waals surface area contributed by atoms with Crippen LogP contribution in [0.15, 0.2) is 48.5 Å². The van der Waals surface area contributed by atoms with Gasteiger partial charge in [-0.05, 0) is 55.7 Å². The number of hydrogen-bond donors (Lipinski definition) is 1. The summed E-state index contributed by atoms with van der Waals surface area (Å²) in [6, 6.07) is 15.9. The highest BCUT2D eigenvalue weighted by Crippen LogP contribution is 2.27. The minimum atomic E-state index is 0.0971. The summed E-state index contributed by atoms with van der Waals surface area (Å²) in [7, 11) is 0. The van der Waals surface area contributed by atoms with Crippen LogP contribution in [-0.4, -0.2) is 25.1 Å². The van der Waals surface area contributed by atoms with Crippen LogP contribution < -0.4 is 15.0 Å². The monoisotopic (exact) mass is 324 g/mol. The molecular formula is C20H24N2O2. The Bertz CT molecular complexity index is 697. The van der Waals surface area contributed by atoms with Gasteiger partial charge in [0, 0.05) is 17.9 Å². The van der Waals surface area contributed by atoms with E-state index >= 15 is 0 Å². The van der Waals surface area contributed by atoms with E-state index < -0.39 is 0 Å². The lowest BCUT2D eigenvalue weighted by Crippen LogP contribution is -2.34. The van der Waals surface area contributed by atoms with Crippen LogP contribution in [-0.2, 0) is 11.2 Å². The van der Waals surface area contributed by atoms with Crippen LogP contribution in [0.25, 0.3) is 0 Å². The number of carbonyl (C=O) groups is 1. The third kappa shape index (κ3) is 3.70. The predicted octanol–water partition coefficient (Wildman–Crippen LogP) is 3.87. The van der Waals surface area contributed by atoms with Gasteiger partial charge in [0.2, 0.25) is 5.91 Å². The molecule has 3 rings (SSSR count).